The van der Waals surface area contributed by atoms with Gasteiger partial charge in [0.2, 0.25) is 0 Å². The van der Waals surface area contributed by atoms with E-state index >= 15 is 0 Å². The number of fused-ring (bicyclic) bond motifs is 1. The summed E-state index contributed by atoms with van der Waals surface area (Å²) in [5.74, 6) is 0. The number of aryl methyl sites for hydroxylation is 2. The summed E-state index contributed by atoms with van der Waals surface area (Å²) < 4.78 is 0. The molecule has 19 heavy (non-hydrogen) atoms. The Morgan fingerprint density at radius 1 is 0.842 bits per heavy atom. The molecule has 0 amide bonds. The van der Waals surface area contributed by atoms with Gasteiger partial charge in [0.1, 0.15) is 0 Å². The van der Waals surface area contributed by atoms with Gasteiger partial charge in [-0.1, -0.05) is 63.1 Å². The molecular weight excluding hydrogens is 256 g/mol. The van der Waals surface area contributed by atoms with E-state index in [9.17, 15) is 0 Å². The molecule has 0 aliphatic heterocycles. The summed E-state index contributed by atoms with van der Waals surface area (Å²) in [5.41, 5.74) is 3.17. The molecule has 0 heterocycles. The fourth-order valence-corrected chi connectivity index (χ4v) is 2.63. The van der Waals surface area contributed by atoms with Gasteiger partial charge in [0, 0.05) is 0 Å². The second kappa shape index (κ2) is 9.00. The van der Waals surface area contributed by atoms with E-state index in [1.54, 1.807) is 11.1 Å². The van der Waals surface area contributed by atoms with E-state index in [4.69, 9.17) is 0 Å². The second-order valence-electron chi connectivity index (χ2n) is 5.13. The molecule has 2 rings (SSSR count). The minimum Gasteiger partial charge on any atom is -1.00 e. The molecule has 2 aromatic rings. The van der Waals surface area contributed by atoms with E-state index in [1.165, 1.54) is 49.3 Å². The summed E-state index contributed by atoms with van der Waals surface area (Å²) in [7, 11) is 0. The van der Waals surface area contributed by atoms with Crippen LogP contribution in [0.1, 0.15) is 53.5 Å². The van der Waals surface area contributed by atoms with Crippen LogP contribution in [0.25, 0.3) is 10.8 Å². The molecule has 0 nitrogen and oxygen atoms in total. The van der Waals surface area contributed by atoms with Crippen molar-refractivity contribution in [2.24, 2.45) is 0 Å². The van der Waals surface area contributed by atoms with Gasteiger partial charge in [-0.2, -0.15) is 0 Å². The number of benzene rings is 2. The zero-order valence-electron chi connectivity index (χ0n) is 14.4. The fourth-order valence-electron chi connectivity index (χ4n) is 2.63. The van der Waals surface area contributed by atoms with E-state index in [0.29, 0.717) is 0 Å². The topological polar surface area (TPSA) is 0 Å². The molecule has 0 aliphatic carbocycles. The minimum absolute atomic E-state index is 0. The zero-order valence-corrected chi connectivity index (χ0v) is 14.6. The van der Waals surface area contributed by atoms with Gasteiger partial charge in [-0.15, -0.1) is 0 Å². The molecule has 0 aliphatic rings. The molecule has 0 atom stereocenters. The Hall–Kier alpha value is -0.0403. The normalized spacial score (nSPS) is 10.4. The van der Waals surface area contributed by atoms with Crippen molar-refractivity contribution in [1.29, 1.82) is 0 Å². The fraction of sp³-hybridized carbons (Fsp3) is 0.444. The molecule has 0 aromatic heterocycles. The first-order valence-corrected chi connectivity index (χ1v) is 7.36. The molecule has 100 valence electrons. The van der Waals surface area contributed by atoms with Gasteiger partial charge in [-0.3, -0.25) is 0 Å². The van der Waals surface area contributed by atoms with Gasteiger partial charge in [0.05, 0.1) is 0 Å². The quantitative estimate of drug-likeness (QED) is 0.625. The van der Waals surface area contributed by atoms with Crippen LogP contribution in [0.5, 0.6) is 0 Å². The predicted molar refractivity (Wildman–Crippen MR) is 89.2 cm³/mol. The van der Waals surface area contributed by atoms with Crippen molar-refractivity contribution in [3.8, 4) is 0 Å². The van der Waals surface area contributed by atoms with Crippen molar-refractivity contribution in [1.82, 2.24) is 0 Å². The Labute approximate surface area is 150 Å². The third-order valence-corrected chi connectivity index (χ3v) is 3.72. The first-order valence-electron chi connectivity index (χ1n) is 7.36. The first kappa shape index (κ1) is 17.0. The Morgan fingerprint density at radius 3 is 2.26 bits per heavy atom. The zero-order chi connectivity index (χ0) is 12.8. The summed E-state index contributed by atoms with van der Waals surface area (Å²) in [6.45, 7) is 4.55. The molecule has 0 fully saturated rings. The first-order chi connectivity index (χ1) is 8.86. The Bertz CT molecular complexity index is 512. The Morgan fingerprint density at radius 2 is 1.53 bits per heavy atom. The maximum atomic E-state index is 2.35. The third kappa shape index (κ3) is 4.48. The van der Waals surface area contributed by atoms with E-state index in [1.807, 2.05) is 0 Å². The maximum absolute atomic E-state index is 2.35. The largest absolute Gasteiger partial charge is 2.00 e. The van der Waals surface area contributed by atoms with Gasteiger partial charge < -0.3 is 2.85 Å². The molecule has 0 spiro atoms. The molecular formula is C18H26Ca. The van der Waals surface area contributed by atoms with Crippen LogP contribution < -0.4 is 0 Å². The molecule has 0 saturated heterocycles. The van der Waals surface area contributed by atoms with Crippen molar-refractivity contribution >= 4 is 48.5 Å². The van der Waals surface area contributed by atoms with Crippen molar-refractivity contribution in [3.05, 3.63) is 47.5 Å². The summed E-state index contributed by atoms with van der Waals surface area (Å²) in [4.78, 5) is 0. The van der Waals surface area contributed by atoms with Gasteiger partial charge >= 0.3 is 37.7 Å². The van der Waals surface area contributed by atoms with Crippen molar-refractivity contribution in [3.63, 3.8) is 0 Å². The Balaban J connectivity index is 0. The van der Waals surface area contributed by atoms with Crippen LogP contribution in [0, 0.1) is 0 Å². The monoisotopic (exact) mass is 282 g/mol. The summed E-state index contributed by atoms with van der Waals surface area (Å²) in [6.07, 6.45) is 7.62. The average Bonchev–Trinajstić information content (AvgIpc) is 2.43. The molecule has 1 heteroatoms. The standard InChI is InChI=1S/C18H24.Ca.2H/c1-3-5-9-15-13-14-16-10-7-8-12-18(16)17(15)11-6-4-2;;;/h7-8,10,12-14H,3-6,9,11H2,1-2H3;;;/q;+2;2*-1. The van der Waals surface area contributed by atoms with Crippen LogP contribution in [0.3, 0.4) is 0 Å². The maximum Gasteiger partial charge on any atom is 2.00 e. The molecule has 0 N–H and O–H groups in total. The molecule has 0 saturated carbocycles. The van der Waals surface area contributed by atoms with Crippen LogP contribution in [-0.2, 0) is 12.8 Å². The number of hydrogen-bond donors (Lipinski definition) is 0. The summed E-state index contributed by atoms with van der Waals surface area (Å²) in [6, 6.07) is 13.5. The van der Waals surface area contributed by atoms with Gasteiger partial charge in [-0.05, 0) is 47.6 Å². The smallest absolute Gasteiger partial charge is 1.00 e. The van der Waals surface area contributed by atoms with Crippen LogP contribution in [0.4, 0.5) is 0 Å². The predicted octanol–water partition coefficient (Wildman–Crippen LogP) is 5.37. The SMILES string of the molecule is CCCCc1ccc2ccccc2c1CCCC.[Ca+2].[H-].[H-]. The molecule has 2 aromatic carbocycles. The van der Waals surface area contributed by atoms with Crippen LogP contribution in [0.2, 0.25) is 0 Å². The van der Waals surface area contributed by atoms with Crippen molar-refractivity contribution < 1.29 is 2.85 Å². The second-order valence-corrected chi connectivity index (χ2v) is 5.13. The number of unbranched alkanes of at least 4 members (excludes halogenated alkanes) is 2. The van der Waals surface area contributed by atoms with Crippen molar-refractivity contribution in [2.75, 3.05) is 0 Å². The molecule has 0 unspecified atom stereocenters. The minimum atomic E-state index is 0. The van der Waals surface area contributed by atoms with E-state index in [2.05, 4.69) is 50.2 Å². The van der Waals surface area contributed by atoms with Crippen molar-refractivity contribution in [2.45, 2.75) is 52.4 Å². The molecule has 0 radical (unpaired) electrons. The summed E-state index contributed by atoms with van der Waals surface area (Å²) >= 11 is 0. The van der Waals surface area contributed by atoms with Crippen LogP contribution in [0.15, 0.2) is 36.4 Å². The number of rotatable bonds is 6. The summed E-state index contributed by atoms with van der Waals surface area (Å²) in [5, 5.41) is 2.86. The number of hydrogen-bond acceptors (Lipinski definition) is 0. The van der Waals surface area contributed by atoms with E-state index in [0.717, 1.165) is 0 Å². The third-order valence-electron chi connectivity index (χ3n) is 3.72. The van der Waals surface area contributed by atoms with Crippen LogP contribution >= 0.6 is 0 Å². The van der Waals surface area contributed by atoms with Gasteiger partial charge in [-0.25, -0.2) is 0 Å². The van der Waals surface area contributed by atoms with E-state index < -0.39 is 0 Å². The molecule has 0 bridgehead atoms. The average molecular weight is 282 g/mol. The van der Waals surface area contributed by atoms with E-state index in [-0.39, 0.29) is 40.6 Å². The van der Waals surface area contributed by atoms with Gasteiger partial charge in [0.15, 0.2) is 0 Å². The van der Waals surface area contributed by atoms with Gasteiger partial charge in [0.25, 0.3) is 0 Å². The Kier molecular flexibility index (Phi) is 8.06. The van der Waals surface area contributed by atoms with Crippen LogP contribution in [-0.4, -0.2) is 37.7 Å².